The highest BCUT2D eigenvalue weighted by Gasteiger charge is 2.18. The van der Waals surface area contributed by atoms with E-state index in [4.69, 9.17) is 4.74 Å². The molecule has 5 nitrogen and oxygen atoms in total. The molecular weight excluding hydrogens is 244 g/mol. The summed E-state index contributed by atoms with van der Waals surface area (Å²) in [6.45, 7) is 3.59. The summed E-state index contributed by atoms with van der Waals surface area (Å²) in [5.74, 6) is -1.16. The van der Waals surface area contributed by atoms with Crippen LogP contribution in [0.15, 0.2) is 30.3 Å². The molecule has 0 saturated carbocycles. The van der Waals surface area contributed by atoms with Crippen LogP contribution in [0.5, 0.6) is 0 Å². The number of carbonyl (C=O) groups is 2. The first-order valence-electron chi connectivity index (χ1n) is 6.35. The number of para-hydroxylation sites is 1. The number of hydrogen-bond donors (Lipinski definition) is 1. The Morgan fingerprint density at radius 2 is 1.95 bits per heavy atom. The second-order valence-electron chi connectivity index (χ2n) is 4.01. The molecule has 0 unspecified atom stereocenters. The maximum atomic E-state index is 11.8. The number of hydrogen-bond acceptors (Lipinski definition) is 3. The molecule has 0 radical (unpaired) electrons. The average Bonchev–Trinajstić information content (AvgIpc) is 2.46. The van der Waals surface area contributed by atoms with Crippen molar-refractivity contribution in [3.05, 3.63) is 30.3 Å². The molecule has 0 aliphatic carbocycles. The van der Waals surface area contributed by atoms with Gasteiger partial charge in [-0.25, -0.2) is 0 Å². The van der Waals surface area contributed by atoms with Gasteiger partial charge in [-0.3, -0.25) is 9.59 Å². The van der Waals surface area contributed by atoms with Crippen LogP contribution in [0.3, 0.4) is 0 Å². The van der Waals surface area contributed by atoms with Gasteiger partial charge in [-0.05, 0) is 25.5 Å². The molecule has 0 fully saturated rings. The molecule has 5 heteroatoms. The van der Waals surface area contributed by atoms with Crippen molar-refractivity contribution in [2.75, 3.05) is 31.7 Å². The van der Waals surface area contributed by atoms with Crippen molar-refractivity contribution in [1.29, 1.82) is 0 Å². The van der Waals surface area contributed by atoms with Crippen LogP contribution in [0.25, 0.3) is 0 Å². The molecule has 1 rings (SSSR count). The predicted octanol–water partition coefficient (Wildman–Crippen LogP) is 1.19. The summed E-state index contributed by atoms with van der Waals surface area (Å²) >= 11 is 0. The number of anilines is 1. The predicted molar refractivity (Wildman–Crippen MR) is 74.0 cm³/mol. The van der Waals surface area contributed by atoms with Gasteiger partial charge in [0.05, 0.1) is 0 Å². The Labute approximate surface area is 113 Å². The molecule has 1 N–H and O–H groups in total. The number of benzene rings is 1. The largest absolute Gasteiger partial charge is 0.382 e. The Morgan fingerprint density at radius 1 is 1.26 bits per heavy atom. The van der Waals surface area contributed by atoms with Crippen LogP contribution in [0.4, 0.5) is 5.69 Å². The number of ether oxygens (including phenoxy) is 1. The molecule has 19 heavy (non-hydrogen) atoms. The van der Waals surface area contributed by atoms with Gasteiger partial charge in [-0.1, -0.05) is 18.2 Å². The van der Waals surface area contributed by atoms with Gasteiger partial charge in [0.1, 0.15) is 0 Å². The average molecular weight is 264 g/mol. The number of nitrogens with one attached hydrogen (secondary N) is 1. The fraction of sp³-hybridized carbons (Fsp3) is 0.429. The van der Waals surface area contributed by atoms with E-state index in [0.29, 0.717) is 31.9 Å². The topological polar surface area (TPSA) is 58.6 Å². The minimum Gasteiger partial charge on any atom is -0.382 e. The first-order valence-corrected chi connectivity index (χ1v) is 6.35. The fourth-order valence-electron chi connectivity index (χ4n) is 1.52. The van der Waals surface area contributed by atoms with Crippen LogP contribution >= 0.6 is 0 Å². The summed E-state index contributed by atoms with van der Waals surface area (Å²) in [7, 11) is 1.58. The van der Waals surface area contributed by atoms with Gasteiger partial charge in [-0.2, -0.15) is 0 Å². The van der Waals surface area contributed by atoms with E-state index in [2.05, 4.69) is 5.32 Å². The molecule has 0 spiro atoms. The van der Waals surface area contributed by atoms with Gasteiger partial charge < -0.3 is 15.0 Å². The third kappa shape index (κ3) is 5.09. The van der Waals surface area contributed by atoms with Gasteiger partial charge in [0.15, 0.2) is 0 Å². The van der Waals surface area contributed by atoms with E-state index in [0.717, 1.165) is 0 Å². The summed E-state index contributed by atoms with van der Waals surface area (Å²) in [6.07, 6.45) is 0.696. The van der Waals surface area contributed by atoms with Crippen molar-refractivity contribution in [1.82, 2.24) is 5.32 Å². The number of nitrogens with zero attached hydrogens (tertiary/aromatic N) is 1. The number of likely N-dealkylation sites (N-methyl/N-ethyl adjacent to an activating group) is 1. The normalized spacial score (nSPS) is 10.0. The molecule has 0 bridgehead atoms. The molecule has 0 heterocycles. The quantitative estimate of drug-likeness (QED) is 0.620. The Hall–Kier alpha value is -1.88. The Balaban J connectivity index is 2.38. The van der Waals surface area contributed by atoms with Gasteiger partial charge >= 0.3 is 11.8 Å². The van der Waals surface area contributed by atoms with Crippen LogP contribution in [0.2, 0.25) is 0 Å². The number of amides is 2. The van der Waals surface area contributed by atoms with Crippen LogP contribution in [-0.4, -0.2) is 38.6 Å². The monoisotopic (exact) mass is 264 g/mol. The van der Waals surface area contributed by atoms with Crippen LogP contribution in [-0.2, 0) is 14.3 Å². The molecule has 0 aliphatic heterocycles. The Kier molecular flexibility index (Phi) is 6.60. The molecule has 0 aliphatic rings. The molecule has 1 aromatic carbocycles. The van der Waals surface area contributed by atoms with Crippen molar-refractivity contribution >= 4 is 17.5 Å². The second kappa shape index (κ2) is 8.26. The van der Waals surface area contributed by atoms with Gasteiger partial charge in [0, 0.05) is 32.5 Å². The van der Waals surface area contributed by atoms with E-state index in [9.17, 15) is 9.59 Å². The van der Waals surface area contributed by atoms with Crippen LogP contribution in [0.1, 0.15) is 13.3 Å². The van der Waals surface area contributed by atoms with Crippen molar-refractivity contribution in [3.8, 4) is 0 Å². The summed E-state index contributed by atoms with van der Waals surface area (Å²) in [5, 5.41) is 2.58. The van der Waals surface area contributed by atoms with Crippen molar-refractivity contribution in [2.45, 2.75) is 13.3 Å². The van der Waals surface area contributed by atoms with Crippen molar-refractivity contribution in [2.24, 2.45) is 0 Å². The fourth-order valence-corrected chi connectivity index (χ4v) is 1.52. The van der Waals surface area contributed by atoms with E-state index < -0.39 is 11.8 Å². The lowest BCUT2D eigenvalue weighted by Gasteiger charge is -2.16. The molecule has 0 saturated heterocycles. The van der Waals surface area contributed by atoms with E-state index in [1.807, 2.05) is 25.1 Å². The van der Waals surface area contributed by atoms with E-state index in [1.54, 1.807) is 19.2 Å². The third-order valence-corrected chi connectivity index (χ3v) is 2.60. The standard InChI is InChI=1S/C14H20N2O3/c1-3-19-11-7-10-15-13(17)14(18)16(2)12-8-5-4-6-9-12/h4-6,8-9H,3,7,10-11H2,1-2H3,(H,15,17). The first-order chi connectivity index (χ1) is 9.16. The number of rotatable bonds is 6. The second-order valence-corrected chi connectivity index (χ2v) is 4.01. The van der Waals surface area contributed by atoms with E-state index >= 15 is 0 Å². The SMILES string of the molecule is CCOCCCNC(=O)C(=O)N(C)c1ccccc1. The highest BCUT2D eigenvalue weighted by atomic mass is 16.5. The maximum Gasteiger partial charge on any atom is 0.316 e. The molecular formula is C14H20N2O3. The zero-order valence-corrected chi connectivity index (χ0v) is 11.4. The molecule has 0 aromatic heterocycles. The summed E-state index contributed by atoms with van der Waals surface area (Å²) < 4.78 is 5.15. The van der Waals surface area contributed by atoms with Gasteiger partial charge in [0.25, 0.3) is 0 Å². The zero-order chi connectivity index (χ0) is 14.1. The summed E-state index contributed by atoms with van der Waals surface area (Å²) in [4.78, 5) is 24.8. The Bertz CT molecular complexity index is 406. The minimum absolute atomic E-state index is 0.438. The number of carbonyl (C=O) groups excluding carboxylic acids is 2. The zero-order valence-electron chi connectivity index (χ0n) is 11.4. The molecule has 2 amide bonds. The lowest BCUT2D eigenvalue weighted by molar-refractivity contribution is -0.137. The summed E-state index contributed by atoms with van der Waals surface area (Å²) in [6, 6.07) is 9.05. The van der Waals surface area contributed by atoms with Gasteiger partial charge in [-0.15, -0.1) is 0 Å². The maximum absolute atomic E-state index is 11.8. The first kappa shape index (κ1) is 15.2. The minimum atomic E-state index is -0.595. The highest BCUT2D eigenvalue weighted by molar-refractivity contribution is 6.40. The van der Waals surface area contributed by atoms with Crippen molar-refractivity contribution in [3.63, 3.8) is 0 Å². The van der Waals surface area contributed by atoms with E-state index in [-0.39, 0.29) is 0 Å². The molecule has 104 valence electrons. The lowest BCUT2D eigenvalue weighted by Crippen LogP contribution is -2.41. The highest BCUT2D eigenvalue weighted by Crippen LogP contribution is 2.10. The van der Waals surface area contributed by atoms with Crippen molar-refractivity contribution < 1.29 is 14.3 Å². The van der Waals surface area contributed by atoms with Crippen LogP contribution < -0.4 is 10.2 Å². The van der Waals surface area contributed by atoms with Crippen LogP contribution in [0, 0.1) is 0 Å². The van der Waals surface area contributed by atoms with Gasteiger partial charge in [0.2, 0.25) is 0 Å². The lowest BCUT2D eigenvalue weighted by atomic mass is 10.3. The Morgan fingerprint density at radius 3 is 2.58 bits per heavy atom. The summed E-state index contributed by atoms with van der Waals surface area (Å²) in [5.41, 5.74) is 0.692. The molecule has 0 atom stereocenters. The smallest absolute Gasteiger partial charge is 0.316 e. The third-order valence-electron chi connectivity index (χ3n) is 2.60. The van der Waals surface area contributed by atoms with E-state index in [1.165, 1.54) is 4.90 Å². The molecule has 1 aromatic rings.